The van der Waals surface area contributed by atoms with Crippen LogP contribution in [0, 0.1) is 0 Å². The van der Waals surface area contributed by atoms with Gasteiger partial charge in [-0.3, -0.25) is 4.79 Å². The average Bonchev–Trinajstić information content (AvgIpc) is 2.97. The summed E-state index contributed by atoms with van der Waals surface area (Å²) in [5.74, 6) is -0.691. The number of allylic oxidation sites excluding steroid dienone is 1. The second-order valence-corrected chi connectivity index (χ2v) is 7.42. The Kier molecular flexibility index (Phi) is 6.05. The predicted molar refractivity (Wildman–Crippen MR) is 113 cm³/mol. The molecule has 0 aromatic heterocycles. The van der Waals surface area contributed by atoms with Gasteiger partial charge in [-0.25, -0.2) is 4.79 Å². The third-order valence-electron chi connectivity index (χ3n) is 4.93. The molecule has 1 aliphatic heterocycles. The molecule has 1 amide bonds. The molecule has 0 N–H and O–H groups in total. The zero-order valence-electron chi connectivity index (χ0n) is 16.4. The van der Waals surface area contributed by atoms with Crippen LogP contribution in [-0.4, -0.2) is 30.1 Å². The van der Waals surface area contributed by atoms with E-state index in [2.05, 4.69) is 0 Å². The number of methoxy groups -OCH3 is 1. The van der Waals surface area contributed by atoms with Crippen molar-refractivity contribution in [2.24, 2.45) is 0 Å². The first-order valence-electron chi connectivity index (χ1n) is 9.01. The third kappa shape index (κ3) is 3.76. The molecule has 0 saturated heterocycles. The molecule has 0 fully saturated rings. The van der Waals surface area contributed by atoms with Gasteiger partial charge in [0.15, 0.2) is 0 Å². The van der Waals surface area contributed by atoms with Crippen LogP contribution >= 0.6 is 11.8 Å². The number of rotatable bonds is 5. The van der Waals surface area contributed by atoms with Gasteiger partial charge in [0, 0.05) is 10.6 Å². The van der Waals surface area contributed by atoms with Crippen molar-refractivity contribution < 1.29 is 14.3 Å². The van der Waals surface area contributed by atoms with Crippen LogP contribution in [0.3, 0.4) is 0 Å². The van der Waals surface area contributed by atoms with E-state index < -0.39 is 5.97 Å². The van der Waals surface area contributed by atoms with Crippen LogP contribution in [-0.2, 0) is 14.3 Å². The molecule has 1 heterocycles. The number of amides is 1. The van der Waals surface area contributed by atoms with E-state index in [1.165, 1.54) is 7.11 Å². The van der Waals surface area contributed by atoms with Crippen LogP contribution in [0.1, 0.15) is 31.0 Å². The first-order chi connectivity index (χ1) is 13.5. The van der Waals surface area contributed by atoms with Gasteiger partial charge < -0.3 is 9.64 Å². The van der Waals surface area contributed by atoms with E-state index in [9.17, 15) is 9.59 Å². The van der Waals surface area contributed by atoms with Crippen molar-refractivity contribution >= 4 is 29.7 Å². The predicted octanol–water partition coefficient (Wildman–Crippen LogP) is 4.84. The summed E-state index contributed by atoms with van der Waals surface area (Å²) in [6.07, 6.45) is 3.78. The summed E-state index contributed by atoms with van der Waals surface area (Å²) in [5, 5.41) is 0. The van der Waals surface area contributed by atoms with E-state index in [1.54, 1.807) is 29.7 Å². The van der Waals surface area contributed by atoms with Gasteiger partial charge >= 0.3 is 5.97 Å². The van der Waals surface area contributed by atoms with Crippen LogP contribution in [0.5, 0.6) is 0 Å². The number of carbonyl (C=O) groups excluding carboxylic acids is 2. The van der Waals surface area contributed by atoms with Crippen molar-refractivity contribution in [3.8, 4) is 0 Å². The molecule has 1 atom stereocenters. The van der Waals surface area contributed by atoms with Gasteiger partial charge in [0.1, 0.15) is 0 Å². The first-order valence-corrected chi connectivity index (χ1v) is 10.2. The second-order valence-electron chi connectivity index (χ2n) is 6.54. The van der Waals surface area contributed by atoms with Crippen molar-refractivity contribution in [1.82, 2.24) is 4.90 Å². The molecule has 144 valence electrons. The summed E-state index contributed by atoms with van der Waals surface area (Å²) in [5.41, 5.74) is 3.17. The zero-order chi connectivity index (χ0) is 20.3. The number of esters is 1. The van der Waals surface area contributed by atoms with Crippen LogP contribution in [0.4, 0.5) is 0 Å². The van der Waals surface area contributed by atoms with E-state index in [4.69, 9.17) is 4.74 Å². The number of benzene rings is 2. The topological polar surface area (TPSA) is 46.6 Å². The lowest BCUT2D eigenvalue weighted by molar-refractivity contribution is -0.136. The highest BCUT2D eigenvalue weighted by molar-refractivity contribution is 7.98. The molecular weight excluding hydrogens is 370 g/mol. The molecule has 2 aromatic carbocycles. The van der Waals surface area contributed by atoms with Gasteiger partial charge in [0.25, 0.3) is 5.91 Å². The first kappa shape index (κ1) is 20.0. The van der Waals surface area contributed by atoms with Crippen molar-refractivity contribution in [2.75, 3.05) is 13.4 Å². The summed E-state index contributed by atoms with van der Waals surface area (Å²) >= 11 is 1.65. The van der Waals surface area contributed by atoms with Crippen LogP contribution in [0.2, 0.25) is 0 Å². The van der Waals surface area contributed by atoms with Gasteiger partial charge in [-0.2, -0.15) is 0 Å². The number of hydrogen-bond donors (Lipinski definition) is 0. The Morgan fingerprint density at radius 3 is 2.32 bits per heavy atom. The fourth-order valence-electron chi connectivity index (χ4n) is 3.41. The molecule has 28 heavy (non-hydrogen) atoms. The number of ether oxygens (including phenoxy) is 1. The molecule has 3 rings (SSSR count). The third-order valence-corrected chi connectivity index (χ3v) is 5.67. The summed E-state index contributed by atoms with van der Waals surface area (Å²) in [7, 11) is 1.33. The maximum atomic E-state index is 13.3. The molecule has 0 saturated carbocycles. The minimum atomic E-state index is -0.499. The van der Waals surface area contributed by atoms with Crippen LogP contribution < -0.4 is 0 Å². The van der Waals surface area contributed by atoms with Gasteiger partial charge in [-0.05, 0) is 49.4 Å². The fraction of sp³-hybridized carbons (Fsp3) is 0.217. The quantitative estimate of drug-likeness (QED) is 0.414. The molecule has 4 nitrogen and oxygen atoms in total. The monoisotopic (exact) mass is 393 g/mol. The Labute approximate surface area is 169 Å². The Bertz CT molecular complexity index is 946. The minimum Gasteiger partial charge on any atom is -0.465 e. The Balaban J connectivity index is 2.05. The number of nitrogens with zero attached hydrogens (tertiary/aromatic N) is 1. The minimum absolute atomic E-state index is 0.191. The highest BCUT2D eigenvalue weighted by Crippen LogP contribution is 2.37. The molecule has 0 radical (unpaired) electrons. The highest BCUT2D eigenvalue weighted by atomic mass is 32.2. The molecule has 0 aliphatic carbocycles. The summed E-state index contributed by atoms with van der Waals surface area (Å²) in [4.78, 5) is 28.6. The number of thioether (sulfide) groups is 1. The van der Waals surface area contributed by atoms with Gasteiger partial charge in [0.05, 0.1) is 24.3 Å². The van der Waals surface area contributed by atoms with E-state index in [1.807, 2.05) is 67.8 Å². The number of hydrogen-bond acceptors (Lipinski definition) is 4. The lowest BCUT2D eigenvalue weighted by atomic mass is 10.0. The molecule has 0 bridgehead atoms. The van der Waals surface area contributed by atoms with Gasteiger partial charge in [-0.15, -0.1) is 11.8 Å². The Morgan fingerprint density at radius 2 is 1.75 bits per heavy atom. The van der Waals surface area contributed by atoms with E-state index in [0.717, 1.165) is 16.0 Å². The van der Waals surface area contributed by atoms with Crippen molar-refractivity contribution in [3.63, 3.8) is 0 Å². The lowest BCUT2D eigenvalue weighted by Gasteiger charge is -2.26. The fourth-order valence-corrected chi connectivity index (χ4v) is 3.82. The molecule has 5 heteroatoms. The van der Waals surface area contributed by atoms with E-state index >= 15 is 0 Å². The number of carbonyl (C=O) groups is 2. The maximum Gasteiger partial charge on any atom is 0.340 e. The smallest absolute Gasteiger partial charge is 0.340 e. The van der Waals surface area contributed by atoms with Crippen LogP contribution in [0.15, 0.2) is 76.3 Å². The van der Waals surface area contributed by atoms with Gasteiger partial charge in [0.2, 0.25) is 0 Å². The summed E-state index contributed by atoms with van der Waals surface area (Å²) < 4.78 is 4.97. The van der Waals surface area contributed by atoms with E-state index in [0.29, 0.717) is 16.8 Å². The van der Waals surface area contributed by atoms with Crippen LogP contribution in [0.25, 0.3) is 6.08 Å². The standard InChI is InChI=1S/C23H23NO3S/c1-15(18-8-6-5-7-9-18)24-16(2)21(23(26)27-3)20(22(24)25)14-17-10-12-19(28-4)13-11-17/h5-15H,1-4H3/b20-14-/t15-/m1/s1. The SMILES string of the molecule is COC(=O)C1=C(C)N([C@H](C)c2ccccc2)C(=O)/C1=C\c1ccc(SC)cc1. The summed E-state index contributed by atoms with van der Waals surface area (Å²) in [6.45, 7) is 3.75. The summed E-state index contributed by atoms with van der Waals surface area (Å²) in [6, 6.07) is 17.5. The Morgan fingerprint density at radius 1 is 1.11 bits per heavy atom. The molecule has 0 spiro atoms. The Hall–Kier alpha value is -2.79. The molecule has 0 unspecified atom stereocenters. The lowest BCUT2D eigenvalue weighted by Crippen LogP contribution is -2.28. The molecule has 2 aromatic rings. The van der Waals surface area contributed by atoms with E-state index in [-0.39, 0.29) is 11.9 Å². The normalized spacial score (nSPS) is 16.6. The van der Waals surface area contributed by atoms with Crippen molar-refractivity contribution in [1.29, 1.82) is 0 Å². The highest BCUT2D eigenvalue weighted by Gasteiger charge is 2.39. The maximum absolute atomic E-state index is 13.3. The molecular formula is C23H23NO3S. The average molecular weight is 394 g/mol. The van der Waals surface area contributed by atoms with Crippen molar-refractivity contribution in [2.45, 2.75) is 24.8 Å². The largest absolute Gasteiger partial charge is 0.465 e. The van der Waals surface area contributed by atoms with Gasteiger partial charge in [-0.1, -0.05) is 42.5 Å². The van der Waals surface area contributed by atoms with Crippen molar-refractivity contribution in [3.05, 3.63) is 82.6 Å². The molecule has 1 aliphatic rings. The second kappa shape index (κ2) is 8.48. The zero-order valence-corrected chi connectivity index (χ0v) is 17.2.